The predicted octanol–water partition coefficient (Wildman–Crippen LogP) is 2.43. The number of likely N-dealkylation sites (N-methyl/N-ethyl adjacent to an activating group) is 1. The molecule has 0 aromatic heterocycles. The van der Waals surface area contributed by atoms with Crippen LogP contribution >= 0.6 is 0 Å². The van der Waals surface area contributed by atoms with Gasteiger partial charge in [-0.15, -0.1) is 0 Å². The van der Waals surface area contributed by atoms with Gasteiger partial charge in [-0.2, -0.15) is 0 Å². The van der Waals surface area contributed by atoms with Gasteiger partial charge in [-0.25, -0.2) is 0 Å². The maximum Gasteiger partial charge on any atom is 0.0192 e. The minimum absolute atomic E-state index is 0.715. The van der Waals surface area contributed by atoms with E-state index in [0.29, 0.717) is 6.04 Å². The molecule has 1 aliphatic carbocycles. The fourth-order valence-electron chi connectivity index (χ4n) is 4.09. The minimum Gasteiger partial charge on any atom is -0.314 e. The number of piperazine rings is 1. The number of nitrogens with zero attached hydrogens (tertiary/aromatic N) is 2. The maximum absolute atomic E-state index is 3.75. The van der Waals surface area contributed by atoms with Gasteiger partial charge in [0.1, 0.15) is 0 Å². The second-order valence-corrected chi connectivity index (χ2v) is 7.10. The molecule has 118 valence electrons. The first-order valence-corrected chi connectivity index (χ1v) is 8.80. The second kappa shape index (κ2) is 7.77. The lowest BCUT2D eigenvalue weighted by molar-refractivity contribution is 0.0702. The van der Waals surface area contributed by atoms with Crippen LogP contribution in [0, 0.1) is 11.8 Å². The second-order valence-electron chi connectivity index (χ2n) is 7.10. The van der Waals surface area contributed by atoms with Crippen molar-refractivity contribution in [2.45, 2.75) is 58.5 Å². The molecule has 2 aliphatic rings. The van der Waals surface area contributed by atoms with Gasteiger partial charge in [0.15, 0.2) is 0 Å². The molecule has 20 heavy (non-hydrogen) atoms. The van der Waals surface area contributed by atoms with Gasteiger partial charge < -0.3 is 15.1 Å². The lowest BCUT2D eigenvalue weighted by Crippen LogP contribution is -2.53. The summed E-state index contributed by atoms with van der Waals surface area (Å²) in [5.41, 5.74) is 0. The van der Waals surface area contributed by atoms with Crippen molar-refractivity contribution in [3.8, 4) is 0 Å². The zero-order valence-electron chi connectivity index (χ0n) is 14.1. The molecule has 3 nitrogen and oxygen atoms in total. The molecular formula is C17H35N3. The Morgan fingerprint density at radius 1 is 1.15 bits per heavy atom. The van der Waals surface area contributed by atoms with Crippen molar-refractivity contribution in [2.75, 3.05) is 39.8 Å². The summed E-state index contributed by atoms with van der Waals surface area (Å²) in [6.07, 6.45) is 5.63. The number of nitrogens with one attached hydrogen (secondary N) is 1. The third kappa shape index (κ3) is 4.19. The first-order valence-electron chi connectivity index (χ1n) is 8.80. The molecule has 1 heterocycles. The van der Waals surface area contributed by atoms with Gasteiger partial charge in [-0.3, -0.25) is 0 Å². The predicted molar refractivity (Wildman–Crippen MR) is 87.1 cm³/mol. The number of hydrogen-bond acceptors (Lipinski definition) is 3. The van der Waals surface area contributed by atoms with Crippen molar-refractivity contribution < 1.29 is 0 Å². The third-order valence-corrected chi connectivity index (χ3v) is 5.67. The largest absolute Gasteiger partial charge is 0.314 e. The zero-order chi connectivity index (χ0) is 14.5. The van der Waals surface area contributed by atoms with E-state index in [0.717, 1.165) is 24.4 Å². The fraction of sp³-hybridized carbons (Fsp3) is 1.00. The van der Waals surface area contributed by atoms with Crippen LogP contribution in [0.25, 0.3) is 0 Å². The summed E-state index contributed by atoms with van der Waals surface area (Å²) in [5.74, 6) is 1.84. The van der Waals surface area contributed by atoms with Gasteiger partial charge in [0, 0.05) is 38.3 Å². The van der Waals surface area contributed by atoms with Crippen molar-refractivity contribution in [2.24, 2.45) is 11.8 Å². The van der Waals surface area contributed by atoms with Crippen LogP contribution < -0.4 is 5.32 Å². The fourth-order valence-corrected chi connectivity index (χ4v) is 4.09. The van der Waals surface area contributed by atoms with Crippen LogP contribution in [0.2, 0.25) is 0 Å². The van der Waals surface area contributed by atoms with E-state index in [-0.39, 0.29) is 0 Å². The van der Waals surface area contributed by atoms with E-state index in [4.69, 9.17) is 0 Å². The van der Waals surface area contributed by atoms with E-state index in [1.807, 2.05) is 0 Å². The highest BCUT2D eigenvalue weighted by Gasteiger charge is 2.31. The maximum atomic E-state index is 3.75. The highest BCUT2D eigenvalue weighted by molar-refractivity contribution is 4.88. The van der Waals surface area contributed by atoms with Crippen molar-refractivity contribution in [1.29, 1.82) is 0 Å². The summed E-state index contributed by atoms with van der Waals surface area (Å²) in [7, 11) is 2.26. The molecule has 0 spiro atoms. The highest BCUT2D eigenvalue weighted by atomic mass is 15.3. The molecule has 4 unspecified atom stereocenters. The molecule has 2 fully saturated rings. The standard InChI is InChI=1S/C17H35N3/c1-5-15-7-8-17(18-6-2)16(11-15)13-20-10-9-19(4)14(3)12-20/h14-18H,5-13H2,1-4H3. The Bertz CT molecular complexity index is 281. The molecule has 1 N–H and O–H groups in total. The zero-order valence-corrected chi connectivity index (χ0v) is 14.1. The van der Waals surface area contributed by atoms with Crippen molar-refractivity contribution in [3.05, 3.63) is 0 Å². The Morgan fingerprint density at radius 3 is 2.60 bits per heavy atom. The minimum atomic E-state index is 0.715. The average molecular weight is 281 g/mol. The Morgan fingerprint density at radius 2 is 1.95 bits per heavy atom. The SMILES string of the molecule is CCNC1CCC(CC)CC1CN1CCN(C)C(C)C1. The van der Waals surface area contributed by atoms with Crippen molar-refractivity contribution in [1.82, 2.24) is 15.1 Å². The number of rotatable bonds is 5. The molecular weight excluding hydrogens is 246 g/mol. The van der Waals surface area contributed by atoms with E-state index in [1.54, 1.807) is 0 Å². The normalized spacial score (nSPS) is 37.2. The van der Waals surface area contributed by atoms with Crippen molar-refractivity contribution >= 4 is 0 Å². The molecule has 3 heteroatoms. The molecule has 1 saturated carbocycles. The van der Waals surface area contributed by atoms with Crippen molar-refractivity contribution in [3.63, 3.8) is 0 Å². The van der Waals surface area contributed by atoms with Gasteiger partial charge in [-0.1, -0.05) is 20.3 Å². The molecule has 0 amide bonds. The Balaban J connectivity index is 1.89. The van der Waals surface area contributed by atoms with Crippen LogP contribution in [-0.2, 0) is 0 Å². The summed E-state index contributed by atoms with van der Waals surface area (Å²) in [5, 5.41) is 3.75. The Labute approximate surface area is 126 Å². The summed E-state index contributed by atoms with van der Waals surface area (Å²) < 4.78 is 0. The number of hydrogen-bond donors (Lipinski definition) is 1. The summed E-state index contributed by atoms with van der Waals surface area (Å²) in [6.45, 7) is 13.2. The summed E-state index contributed by atoms with van der Waals surface area (Å²) >= 11 is 0. The Hall–Kier alpha value is -0.120. The van der Waals surface area contributed by atoms with E-state index in [1.165, 1.54) is 51.9 Å². The van der Waals surface area contributed by atoms with E-state index in [2.05, 4.69) is 42.9 Å². The first kappa shape index (κ1) is 16.3. The van der Waals surface area contributed by atoms with Crippen LogP contribution in [0.5, 0.6) is 0 Å². The molecule has 0 radical (unpaired) electrons. The van der Waals surface area contributed by atoms with Crippen LogP contribution in [0.4, 0.5) is 0 Å². The lowest BCUT2D eigenvalue weighted by Gasteiger charge is -2.43. The van der Waals surface area contributed by atoms with Gasteiger partial charge in [0.05, 0.1) is 0 Å². The monoisotopic (exact) mass is 281 g/mol. The molecule has 0 aromatic carbocycles. The third-order valence-electron chi connectivity index (χ3n) is 5.67. The molecule has 0 bridgehead atoms. The van der Waals surface area contributed by atoms with E-state index in [9.17, 15) is 0 Å². The summed E-state index contributed by atoms with van der Waals surface area (Å²) in [6, 6.07) is 1.48. The van der Waals surface area contributed by atoms with Crippen LogP contribution in [0.3, 0.4) is 0 Å². The summed E-state index contributed by atoms with van der Waals surface area (Å²) in [4.78, 5) is 5.21. The lowest BCUT2D eigenvalue weighted by atomic mass is 9.76. The van der Waals surface area contributed by atoms with Gasteiger partial charge >= 0.3 is 0 Å². The van der Waals surface area contributed by atoms with Gasteiger partial charge in [0.2, 0.25) is 0 Å². The van der Waals surface area contributed by atoms with Crippen LogP contribution in [0.15, 0.2) is 0 Å². The van der Waals surface area contributed by atoms with Gasteiger partial charge in [0.25, 0.3) is 0 Å². The van der Waals surface area contributed by atoms with Crippen LogP contribution in [-0.4, -0.2) is 61.7 Å². The molecule has 1 saturated heterocycles. The van der Waals surface area contributed by atoms with Gasteiger partial charge in [-0.05, 0) is 51.6 Å². The van der Waals surface area contributed by atoms with Crippen LogP contribution in [0.1, 0.15) is 46.5 Å². The highest BCUT2D eigenvalue weighted by Crippen LogP contribution is 2.32. The molecule has 0 aromatic rings. The smallest absolute Gasteiger partial charge is 0.0192 e. The van der Waals surface area contributed by atoms with E-state index < -0.39 is 0 Å². The molecule has 4 atom stereocenters. The van der Waals surface area contributed by atoms with E-state index >= 15 is 0 Å². The molecule has 2 rings (SSSR count). The first-order chi connectivity index (χ1) is 9.63. The Kier molecular flexibility index (Phi) is 6.31. The average Bonchev–Trinajstić information content (AvgIpc) is 2.45. The quantitative estimate of drug-likeness (QED) is 0.835. The topological polar surface area (TPSA) is 18.5 Å². The molecule has 1 aliphatic heterocycles.